The van der Waals surface area contributed by atoms with Crippen LogP contribution in [0.15, 0.2) is 24.3 Å². The highest BCUT2D eigenvalue weighted by Crippen LogP contribution is 2.50. The van der Waals surface area contributed by atoms with Crippen molar-refractivity contribution in [2.75, 3.05) is 0 Å². The molecule has 22 heavy (non-hydrogen) atoms. The van der Waals surface area contributed by atoms with Crippen molar-refractivity contribution in [3.05, 3.63) is 35.4 Å². The molecule has 0 bridgehead atoms. The smallest absolute Gasteiger partial charge is 0.369 e. The predicted molar refractivity (Wildman–Crippen MR) is 70.3 cm³/mol. The van der Waals surface area contributed by atoms with Crippen molar-refractivity contribution in [1.29, 1.82) is 0 Å². The molecule has 1 N–H and O–H groups in total. The van der Waals surface area contributed by atoms with Gasteiger partial charge in [0.25, 0.3) is 5.60 Å². The molecule has 0 aromatic heterocycles. The minimum Gasteiger partial charge on any atom is -0.369 e. The fourth-order valence-corrected chi connectivity index (χ4v) is 2.20. The van der Waals surface area contributed by atoms with Gasteiger partial charge in [0.15, 0.2) is 0 Å². The van der Waals surface area contributed by atoms with Crippen LogP contribution in [-0.2, 0) is 5.60 Å². The summed E-state index contributed by atoms with van der Waals surface area (Å²) in [5.74, 6) is 0.221. The summed E-state index contributed by atoms with van der Waals surface area (Å²) >= 11 is 0. The lowest BCUT2D eigenvalue weighted by molar-refractivity contribution is -0.376. The Bertz CT molecular complexity index is 474. The summed E-state index contributed by atoms with van der Waals surface area (Å²) in [6.45, 7) is 5.74. The topological polar surface area (TPSA) is 20.2 Å². The van der Waals surface area contributed by atoms with Gasteiger partial charge < -0.3 is 5.11 Å². The normalized spacial score (nSPS) is 16.5. The zero-order valence-corrected chi connectivity index (χ0v) is 12.4. The number of halogens is 6. The molecule has 0 fully saturated rings. The summed E-state index contributed by atoms with van der Waals surface area (Å²) < 4.78 is 76.5. The van der Waals surface area contributed by atoms with Crippen molar-refractivity contribution in [3.8, 4) is 0 Å². The van der Waals surface area contributed by atoms with Crippen LogP contribution in [0.1, 0.15) is 44.2 Å². The number of alkyl halides is 6. The number of benzene rings is 1. The van der Waals surface area contributed by atoms with Gasteiger partial charge in [-0.25, -0.2) is 0 Å². The van der Waals surface area contributed by atoms with Gasteiger partial charge in [0.2, 0.25) is 0 Å². The Morgan fingerprint density at radius 3 is 1.64 bits per heavy atom. The van der Waals surface area contributed by atoms with E-state index in [1.165, 1.54) is 12.1 Å². The molecule has 126 valence electrons. The second-order valence-corrected chi connectivity index (χ2v) is 5.50. The molecule has 0 saturated carbocycles. The Morgan fingerprint density at radius 2 is 1.32 bits per heavy atom. The lowest BCUT2D eigenvalue weighted by Crippen LogP contribution is -2.53. The van der Waals surface area contributed by atoms with Crippen LogP contribution in [0.2, 0.25) is 0 Å². The summed E-state index contributed by atoms with van der Waals surface area (Å²) in [4.78, 5) is 0. The quantitative estimate of drug-likeness (QED) is 0.758. The molecule has 0 aliphatic rings. The second kappa shape index (κ2) is 6.10. The molecule has 1 rings (SSSR count). The van der Waals surface area contributed by atoms with E-state index in [9.17, 15) is 31.4 Å². The van der Waals surface area contributed by atoms with E-state index in [0.717, 1.165) is 6.42 Å². The van der Waals surface area contributed by atoms with Crippen LogP contribution in [0.4, 0.5) is 26.3 Å². The molecule has 0 heterocycles. The van der Waals surface area contributed by atoms with Crippen molar-refractivity contribution in [2.24, 2.45) is 5.92 Å². The summed E-state index contributed by atoms with van der Waals surface area (Å²) in [6, 6.07) is 3.79. The zero-order valence-electron chi connectivity index (χ0n) is 12.4. The third-order valence-electron chi connectivity index (χ3n) is 4.17. The van der Waals surface area contributed by atoms with E-state index >= 15 is 0 Å². The average Bonchev–Trinajstić information content (AvgIpc) is 2.42. The Balaban J connectivity index is 3.27. The molecule has 0 saturated heterocycles. The molecule has 0 aliphatic carbocycles. The van der Waals surface area contributed by atoms with Crippen LogP contribution in [0, 0.1) is 5.92 Å². The van der Waals surface area contributed by atoms with Gasteiger partial charge in [-0.05, 0) is 17.4 Å². The van der Waals surface area contributed by atoms with E-state index in [1.807, 2.05) is 20.8 Å². The minimum atomic E-state index is -5.85. The number of rotatable bonds is 4. The zero-order chi connectivity index (χ0) is 17.3. The largest absolute Gasteiger partial charge is 0.430 e. The van der Waals surface area contributed by atoms with Gasteiger partial charge in [0.1, 0.15) is 0 Å². The minimum absolute atomic E-state index is 0.0103. The maximum Gasteiger partial charge on any atom is 0.430 e. The van der Waals surface area contributed by atoms with E-state index in [-0.39, 0.29) is 11.8 Å². The highest BCUT2D eigenvalue weighted by Gasteiger charge is 2.71. The van der Waals surface area contributed by atoms with Crippen molar-refractivity contribution in [1.82, 2.24) is 0 Å². The second-order valence-electron chi connectivity index (χ2n) is 5.50. The molecule has 1 aromatic rings. The van der Waals surface area contributed by atoms with Crippen molar-refractivity contribution in [3.63, 3.8) is 0 Å². The monoisotopic (exact) mass is 328 g/mol. The third-order valence-corrected chi connectivity index (χ3v) is 4.17. The standard InChI is InChI=1S/C15H18F6O/c1-4-9(2)10(3)11-5-7-12(8-6-11)13(22,14(16,17)18)15(19,20)21/h5-10,22H,4H2,1-3H3. The molecule has 0 radical (unpaired) electrons. The fourth-order valence-electron chi connectivity index (χ4n) is 2.20. The van der Waals surface area contributed by atoms with Crippen LogP contribution >= 0.6 is 0 Å². The fraction of sp³-hybridized carbons (Fsp3) is 0.600. The van der Waals surface area contributed by atoms with Gasteiger partial charge in [0, 0.05) is 5.56 Å². The summed E-state index contributed by atoms with van der Waals surface area (Å²) in [5, 5.41) is 9.29. The lowest BCUT2D eigenvalue weighted by Gasteiger charge is -2.33. The first-order valence-corrected chi connectivity index (χ1v) is 6.82. The van der Waals surface area contributed by atoms with Gasteiger partial charge in [-0.3, -0.25) is 0 Å². The van der Waals surface area contributed by atoms with Crippen molar-refractivity contribution < 1.29 is 31.4 Å². The van der Waals surface area contributed by atoms with Crippen LogP contribution in [0.5, 0.6) is 0 Å². The molecule has 2 atom stereocenters. The van der Waals surface area contributed by atoms with Crippen LogP contribution in [0.25, 0.3) is 0 Å². The first-order chi connectivity index (χ1) is 9.86. The average molecular weight is 328 g/mol. The summed E-state index contributed by atoms with van der Waals surface area (Å²) in [5.41, 5.74) is -5.46. The Morgan fingerprint density at radius 1 is 0.909 bits per heavy atom. The van der Waals surface area contributed by atoms with Crippen molar-refractivity contribution >= 4 is 0 Å². The summed E-state index contributed by atoms with van der Waals surface area (Å²) in [6.07, 6.45) is -10.9. The van der Waals surface area contributed by atoms with E-state index in [2.05, 4.69) is 0 Å². The Hall–Kier alpha value is -1.24. The lowest BCUT2D eigenvalue weighted by atomic mass is 9.85. The number of hydrogen-bond acceptors (Lipinski definition) is 1. The molecular weight excluding hydrogens is 310 g/mol. The SMILES string of the molecule is CCC(C)C(C)c1ccc(C(O)(C(F)(F)F)C(F)(F)F)cc1. The highest BCUT2D eigenvalue weighted by atomic mass is 19.4. The first-order valence-electron chi connectivity index (χ1n) is 6.82. The number of aliphatic hydroxyl groups is 1. The van der Waals surface area contributed by atoms with E-state index < -0.39 is 23.5 Å². The summed E-state index contributed by atoms with van der Waals surface area (Å²) in [7, 11) is 0. The van der Waals surface area contributed by atoms with Crippen LogP contribution in [0.3, 0.4) is 0 Å². The van der Waals surface area contributed by atoms with Gasteiger partial charge in [-0.2, -0.15) is 26.3 Å². The Labute approximate surface area is 125 Å². The van der Waals surface area contributed by atoms with Gasteiger partial charge in [-0.15, -0.1) is 0 Å². The van der Waals surface area contributed by atoms with Gasteiger partial charge >= 0.3 is 12.4 Å². The first kappa shape index (κ1) is 18.8. The van der Waals surface area contributed by atoms with Crippen LogP contribution < -0.4 is 0 Å². The van der Waals surface area contributed by atoms with E-state index in [1.54, 1.807) is 0 Å². The van der Waals surface area contributed by atoms with Gasteiger partial charge in [0.05, 0.1) is 0 Å². The maximum atomic E-state index is 12.8. The molecule has 0 amide bonds. The van der Waals surface area contributed by atoms with E-state index in [4.69, 9.17) is 0 Å². The molecular formula is C15H18F6O. The van der Waals surface area contributed by atoms with Crippen molar-refractivity contribution in [2.45, 2.75) is 51.1 Å². The highest BCUT2D eigenvalue weighted by molar-refractivity contribution is 5.31. The number of hydrogen-bond donors (Lipinski definition) is 1. The Kier molecular flexibility index (Phi) is 5.22. The predicted octanol–water partition coefficient (Wildman–Crippen LogP) is 5.15. The molecule has 2 unspecified atom stereocenters. The molecule has 7 heteroatoms. The van der Waals surface area contributed by atoms with Crippen LogP contribution in [-0.4, -0.2) is 17.5 Å². The third kappa shape index (κ3) is 3.24. The maximum absolute atomic E-state index is 12.8. The molecule has 1 aromatic carbocycles. The molecule has 0 spiro atoms. The van der Waals surface area contributed by atoms with Gasteiger partial charge in [-0.1, -0.05) is 51.5 Å². The molecule has 0 aliphatic heterocycles. The van der Waals surface area contributed by atoms with E-state index in [0.29, 0.717) is 17.7 Å². The molecule has 1 nitrogen and oxygen atoms in total.